The van der Waals surface area contributed by atoms with Gasteiger partial charge in [0.2, 0.25) is 0 Å². The number of hydrogen-bond acceptors (Lipinski definition) is 3. The molecule has 0 radical (unpaired) electrons. The fourth-order valence-electron chi connectivity index (χ4n) is 2.38. The summed E-state index contributed by atoms with van der Waals surface area (Å²) in [4.78, 5) is 11.8. The van der Waals surface area contributed by atoms with Gasteiger partial charge >= 0.3 is 0 Å². The molecule has 1 atom stereocenters. The van der Waals surface area contributed by atoms with Crippen molar-refractivity contribution in [2.24, 2.45) is 11.3 Å². The van der Waals surface area contributed by atoms with E-state index in [4.69, 9.17) is 10.7 Å². The average molecular weight is 334 g/mol. The van der Waals surface area contributed by atoms with Gasteiger partial charge in [-0.1, -0.05) is 13.8 Å². The Morgan fingerprint density at radius 3 is 2.52 bits per heavy atom. The molecule has 0 bridgehead atoms. The highest BCUT2D eigenvalue weighted by atomic mass is 35.7. The first-order chi connectivity index (χ1) is 9.52. The molecule has 1 aliphatic carbocycles. The summed E-state index contributed by atoms with van der Waals surface area (Å²) in [5.41, 5.74) is 0.362. The molecule has 1 fully saturated rings. The maximum atomic E-state index is 13.5. The Morgan fingerprint density at radius 2 is 2.05 bits per heavy atom. The highest BCUT2D eigenvalue weighted by molar-refractivity contribution is 8.13. The normalized spacial score (nSPS) is 20.1. The third kappa shape index (κ3) is 3.55. The van der Waals surface area contributed by atoms with Gasteiger partial charge in [-0.2, -0.15) is 0 Å². The Labute approximate surface area is 128 Å². The van der Waals surface area contributed by atoms with E-state index in [1.165, 1.54) is 6.92 Å². The van der Waals surface area contributed by atoms with E-state index < -0.39 is 20.8 Å². The maximum absolute atomic E-state index is 13.5. The fraction of sp³-hybridized carbons (Fsp3) is 0.500. The predicted octanol–water partition coefficient (Wildman–Crippen LogP) is 2.84. The third-order valence-electron chi connectivity index (χ3n) is 4.06. The van der Waals surface area contributed by atoms with Gasteiger partial charge in [0.1, 0.15) is 5.82 Å². The summed E-state index contributed by atoms with van der Waals surface area (Å²) in [6.07, 6.45) is 1.02. The lowest BCUT2D eigenvalue weighted by molar-refractivity contribution is 0.0949. The summed E-state index contributed by atoms with van der Waals surface area (Å²) in [6.45, 7) is 6.14. The lowest BCUT2D eigenvalue weighted by Crippen LogP contribution is -2.27. The molecule has 1 saturated carbocycles. The fourth-order valence-corrected chi connectivity index (χ4v) is 3.59. The summed E-state index contributed by atoms with van der Waals surface area (Å²) >= 11 is 0. The minimum absolute atomic E-state index is 0.00678. The molecule has 2 rings (SSSR count). The van der Waals surface area contributed by atoms with Crippen LogP contribution in [0.15, 0.2) is 17.0 Å². The van der Waals surface area contributed by atoms with Crippen molar-refractivity contribution in [1.82, 2.24) is 5.32 Å². The van der Waals surface area contributed by atoms with E-state index in [-0.39, 0.29) is 21.4 Å². The standard InChI is InChI=1S/C14H17ClFNO3S/c1-8-11(4-10(16)5-12(8)21(15,19)20)13(18)17-7-9-6-14(9,2)3/h4-5,9H,6-7H2,1-3H3,(H,17,18). The molecule has 1 aromatic rings. The minimum Gasteiger partial charge on any atom is -0.352 e. The van der Waals surface area contributed by atoms with Crippen LogP contribution in [0.4, 0.5) is 4.39 Å². The highest BCUT2D eigenvalue weighted by Gasteiger charge is 2.45. The Bertz CT molecular complexity index is 700. The molecule has 0 aliphatic heterocycles. The Kier molecular flexibility index (Phi) is 4.06. The number of carbonyl (C=O) groups excluding carboxylic acids is 1. The molecule has 1 unspecified atom stereocenters. The van der Waals surface area contributed by atoms with Crippen molar-refractivity contribution >= 4 is 25.6 Å². The van der Waals surface area contributed by atoms with Crippen LogP contribution in [0.25, 0.3) is 0 Å². The van der Waals surface area contributed by atoms with Crippen LogP contribution in [0.1, 0.15) is 36.2 Å². The number of carbonyl (C=O) groups is 1. The van der Waals surface area contributed by atoms with E-state index in [0.29, 0.717) is 12.5 Å². The monoisotopic (exact) mass is 333 g/mol. The van der Waals surface area contributed by atoms with Gasteiger partial charge in [0.15, 0.2) is 0 Å². The second kappa shape index (κ2) is 5.25. The molecule has 1 amide bonds. The topological polar surface area (TPSA) is 63.2 Å². The third-order valence-corrected chi connectivity index (χ3v) is 5.51. The zero-order valence-corrected chi connectivity index (χ0v) is 13.6. The lowest BCUT2D eigenvalue weighted by atomic mass is 10.1. The molecule has 0 aromatic heterocycles. The first-order valence-corrected chi connectivity index (χ1v) is 8.86. The molecular weight excluding hydrogens is 317 g/mol. The van der Waals surface area contributed by atoms with Crippen LogP contribution in [-0.4, -0.2) is 20.9 Å². The van der Waals surface area contributed by atoms with E-state index in [2.05, 4.69) is 19.2 Å². The van der Waals surface area contributed by atoms with Crippen molar-refractivity contribution in [1.29, 1.82) is 0 Å². The van der Waals surface area contributed by atoms with Gasteiger partial charge in [0.25, 0.3) is 15.0 Å². The molecule has 21 heavy (non-hydrogen) atoms. The second-order valence-electron chi connectivity index (χ2n) is 6.11. The molecule has 116 valence electrons. The molecule has 1 aromatic carbocycles. The predicted molar refractivity (Wildman–Crippen MR) is 78.4 cm³/mol. The van der Waals surface area contributed by atoms with E-state index in [9.17, 15) is 17.6 Å². The zero-order chi connectivity index (χ0) is 16.0. The molecule has 0 heterocycles. The number of nitrogens with one attached hydrogen (secondary N) is 1. The van der Waals surface area contributed by atoms with Gasteiger partial charge in [-0.15, -0.1) is 0 Å². The Hall–Kier alpha value is -1.14. The van der Waals surface area contributed by atoms with Gasteiger partial charge in [0.05, 0.1) is 4.90 Å². The van der Waals surface area contributed by atoms with Gasteiger partial charge in [-0.3, -0.25) is 4.79 Å². The zero-order valence-electron chi connectivity index (χ0n) is 12.0. The highest BCUT2D eigenvalue weighted by Crippen LogP contribution is 2.51. The van der Waals surface area contributed by atoms with Crippen molar-refractivity contribution in [3.63, 3.8) is 0 Å². The summed E-state index contributed by atoms with van der Waals surface area (Å²) in [7, 11) is 1.16. The van der Waals surface area contributed by atoms with Gasteiger partial charge in [0, 0.05) is 22.8 Å². The van der Waals surface area contributed by atoms with E-state index in [1.54, 1.807) is 0 Å². The number of halogens is 2. The molecule has 7 heteroatoms. The van der Waals surface area contributed by atoms with Gasteiger partial charge in [-0.05, 0) is 42.4 Å². The molecule has 1 aliphatic rings. The number of hydrogen-bond donors (Lipinski definition) is 1. The van der Waals surface area contributed by atoms with E-state index >= 15 is 0 Å². The molecule has 4 nitrogen and oxygen atoms in total. The first kappa shape index (κ1) is 16.2. The van der Waals surface area contributed by atoms with Crippen LogP contribution in [0, 0.1) is 24.1 Å². The average Bonchev–Trinajstić information content (AvgIpc) is 2.95. The van der Waals surface area contributed by atoms with Crippen molar-refractivity contribution in [3.8, 4) is 0 Å². The van der Waals surface area contributed by atoms with Crippen LogP contribution >= 0.6 is 10.7 Å². The van der Waals surface area contributed by atoms with Crippen LogP contribution in [0.5, 0.6) is 0 Å². The molecule has 1 N–H and O–H groups in total. The van der Waals surface area contributed by atoms with Crippen molar-refractivity contribution in [2.75, 3.05) is 6.54 Å². The van der Waals surface area contributed by atoms with Crippen LogP contribution in [0.2, 0.25) is 0 Å². The van der Waals surface area contributed by atoms with Gasteiger partial charge in [-0.25, -0.2) is 12.8 Å². The SMILES string of the molecule is Cc1c(C(=O)NCC2CC2(C)C)cc(F)cc1S(=O)(=O)Cl. The van der Waals surface area contributed by atoms with E-state index in [0.717, 1.165) is 18.6 Å². The molecule has 0 spiro atoms. The summed E-state index contributed by atoms with van der Waals surface area (Å²) in [5, 5.41) is 2.72. The quantitative estimate of drug-likeness (QED) is 0.862. The Balaban J connectivity index is 2.23. The van der Waals surface area contributed by atoms with Crippen LogP contribution in [-0.2, 0) is 9.05 Å². The lowest BCUT2D eigenvalue weighted by Gasteiger charge is -2.11. The minimum atomic E-state index is -4.10. The molecule has 0 saturated heterocycles. The largest absolute Gasteiger partial charge is 0.352 e. The maximum Gasteiger partial charge on any atom is 0.261 e. The van der Waals surface area contributed by atoms with Gasteiger partial charge < -0.3 is 5.32 Å². The van der Waals surface area contributed by atoms with Crippen molar-refractivity contribution < 1.29 is 17.6 Å². The summed E-state index contributed by atoms with van der Waals surface area (Å²) in [6, 6.07) is 1.84. The smallest absolute Gasteiger partial charge is 0.261 e. The second-order valence-corrected chi connectivity index (χ2v) is 8.65. The van der Waals surface area contributed by atoms with Crippen molar-refractivity contribution in [3.05, 3.63) is 29.1 Å². The van der Waals surface area contributed by atoms with Crippen LogP contribution in [0.3, 0.4) is 0 Å². The summed E-state index contributed by atoms with van der Waals surface area (Å²) in [5.74, 6) is -0.903. The summed E-state index contributed by atoms with van der Waals surface area (Å²) < 4.78 is 36.3. The van der Waals surface area contributed by atoms with E-state index in [1.807, 2.05) is 0 Å². The number of amides is 1. The number of benzene rings is 1. The molecular formula is C14H17ClFNO3S. The number of rotatable bonds is 4. The van der Waals surface area contributed by atoms with Crippen LogP contribution < -0.4 is 5.32 Å². The van der Waals surface area contributed by atoms with Crippen molar-refractivity contribution in [2.45, 2.75) is 32.1 Å². The Morgan fingerprint density at radius 1 is 1.48 bits per heavy atom. The first-order valence-electron chi connectivity index (χ1n) is 6.55.